The molecule has 0 amide bonds. The molecule has 0 spiro atoms. The number of thioether (sulfide) groups is 1. The molecule has 3 aliphatic rings. The van der Waals surface area contributed by atoms with Crippen LogP contribution in [0.5, 0.6) is 0 Å². The minimum atomic E-state index is -1.13. The van der Waals surface area contributed by atoms with E-state index in [1.807, 2.05) is 35.2 Å². The van der Waals surface area contributed by atoms with E-state index in [1.54, 1.807) is 0 Å². The van der Waals surface area contributed by atoms with Gasteiger partial charge in [-0.2, -0.15) is 0 Å². The Hall–Kier alpha value is -1.82. The molecule has 0 aromatic heterocycles. The van der Waals surface area contributed by atoms with E-state index >= 15 is 0 Å². The van der Waals surface area contributed by atoms with Crippen LogP contribution < -0.4 is 0 Å². The molecule has 1 N–H and O–H groups in total. The molecule has 6 atom stereocenters. The van der Waals surface area contributed by atoms with Gasteiger partial charge in [0.1, 0.15) is 17.5 Å². The third-order valence-corrected chi connectivity index (χ3v) is 6.73. The zero-order valence-corrected chi connectivity index (χ0v) is 13.8. The maximum Gasteiger partial charge on any atom is 0.317 e. The van der Waals surface area contributed by atoms with E-state index in [0.717, 1.165) is 10.6 Å². The Bertz CT molecular complexity index is 709. The standard InChI is InChI=1S/C18H18FNO3S/c1-9-20-14-8-11(10-5-3-2-4-6-10)13(19)7-12(14)16(21)15(18(22)23)17(20)24-9/h2-6,11-15,17H,1,7-8H2,(H,22,23). The number of rotatable bonds is 2. The van der Waals surface area contributed by atoms with Gasteiger partial charge in [0.05, 0.1) is 5.03 Å². The van der Waals surface area contributed by atoms with Crippen LogP contribution >= 0.6 is 11.8 Å². The number of hydrogen-bond acceptors (Lipinski definition) is 4. The van der Waals surface area contributed by atoms with Gasteiger partial charge in [-0.1, -0.05) is 48.7 Å². The summed E-state index contributed by atoms with van der Waals surface area (Å²) < 4.78 is 14.8. The van der Waals surface area contributed by atoms with Gasteiger partial charge in [0.25, 0.3) is 0 Å². The quantitative estimate of drug-likeness (QED) is 0.834. The number of halogens is 1. The van der Waals surface area contributed by atoms with E-state index in [0.29, 0.717) is 6.42 Å². The minimum absolute atomic E-state index is 0.0913. The third-order valence-electron chi connectivity index (χ3n) is 5.50. The second kappa shape index (κ2) is 5.62. The molecule has 4 nitrogen and oxygen atoms in total. The lowest BCUT2D eigenvalue weighted by Gasteiger charge is -2.58. The summed E-state index contributed by atoms with van der Waals surface area (Å²) in [6.07, 6.45) is -0.524. The van der Waals surface area contributed by atoms with Crippen LogP contribution in [0.25, 0.3) is 0 Å². The number of carboxylic acid groups (broad SMARTS) is 1. The predicted molar refractivity (Wildman–Crippen MR) is 89.1 cm³/mol. The highest BCUT2D eigenvalue weighted by Gasteiger charge is 2.59. The average Bonchev–Trinajstić information content (AvgIpc) is 2.55. The highest BCUT2D eigenvalue weighted by atomic mass is 32.2. The second-order valence-corrected chi connectivity index (χ2v) is 7.90. The zero-order valence-electron chi connectivity index (χ0n) is 13.0. The van der Waals surface area contributed by atoms with Gasteiger partial charge >= 0.3 is 5.97 Å². The monoisotopic (exact) mass is 347 g/mol. The van der Waals surface area contributed by atoms with Gasteiger partial charge in [-0.25, -0.2) is 4.39 Å². The number of benzene rings is 1. The number of fused-ring (bicyclic) bond motifs is 3. The van der Waals surface area contributed by atoms with E-state index in [9.17, 15) is 19.1 Å². The van der Waals surface area contributed by atoms with Crippen LogP contribution in [0.15, 0.2) is 41.9 Å². The molecular formula is C18H18FNO3S. The van der Waals surface area contributed by atoms with Crippen molar-refractivity contribution in [2.24, 2.45) is 11.8 Å². The molecule has 24 heavy (non-hydrogen) atoms. The Labute approximate surface area is 143 Å². The molecule has 0 bridgehead atoms. The van der Waals surface area contributed by atoms with Gasteiger partial charge in [0.15, 0.2) is 5.78 Å². The molecule has 1 saturated carbocycles. The lowest BCUT2D eigenvalue weighted by molar-refractivity contribution is -0.155. The summed E-state index contributed by atoms with van der Waals surface area (Å²) in [7, 11) is 0. The lowest BCUT2D eigenvalue weighted by atomic mass is 9.68. The van der Waals surface area contributed by atoms with Crippen molar-refractivity contribution in [3.8, 4) is 0 Å². The summed E-state index contributed by atoms with van der Waals surface area (Å²) in [6.45, 7) is 3.96. The normalized spacial score (nSPS) is 38.1. The van der Waals surface area contributed by atoms with Crippen LogP contribution in [-0.4, -0.2) is 39.3 Å². The Morgan fingerprint density at radius 3 is 2.58 bits per heavy atom. The number of aliphatic carboxylic acids is 1. The first-order valence-electron chi connectivity index (χ1n) is 8.08. The highest BCUT2D eigenvalue weighted by molar-refractivity contribution is 8.05. The summed E-state index contributed by atoms with van der Waals surface area (Å²) in [6, 6.07) is 9.36. The third kappa shape index (κ3) is 2.19. The Morgan fingerprint density at radius 1 is 1.25 bits per heavy atom. The van der Waals surface area contributed by atoms with E-state index in [2.05, 4.69) is 6.58 Å². The van der Waals surface area contributed by atoms with Crippen molar-refractivity contribution in [1.82, 2.24) is 4.90 Å². The summed E-state index contributed by atoms with van der Waals surface area (Å²) in [5.41, 5.74) is 0.937. The van der Waals surface area contributed by atoms with E-state index in [4.69, 9.17) is 0 Å². The molecule has 1 aromatic carbocycles. The van der Waals surface area contributed by atoms with Crippen molar-refractivity contribution in [3.05, 3.63) is 47.5 Å². The molecule has 6 unspecified atom stereocenters. The fraction of sp³-hybridized carbons (Fsp3) is 0.444. The maximum absolute atomic E-state index is 14.8. The number of ketones is 1. The van der Waals surface area contributed by atoms with Crippen LogP contribution in [0.3, 0.4) is 0 Å². The number of carboxylic acids is 1. The average molecular weight is 347 g/mol. The molecule has 2 aliphatic heterocycles. The van der Waals surface area contributed by atoms with Crippen LogP contribution in [0.2, 0.25) is 0 Å². The summed E-state index contributed by atoms with van der Waals surface area (Å²) in [4.78, 5) is 26.1. The first-order valence-corrected chi connectivity index (χ1v) is 8.96. The van der Waals surface area contributed by atoms with Gasteiger partial charge < -0.3 is 10.0 Å². The van der Waals surface area contributed by atoms with Gasteiger partial charge in [-0.15, -0.1) is 0 Å². The number of carbonyl (C=O) groups excluding carboxylic acids is 1. The van der Waals surface area contributed by atoms with Gasteiger partial charge in [0, 0.05) is 17.9 Å². The van der Waals surface area contributed by atoms with E-state index in [1.165, 1.54) is 11.8 Å². The Morgan fingerprint density at radius 2 is 1.96 bits per heavy atom. The fourth-order valence-corrected chi connectivity index (χ4v) is 5.63. The van der Waals surface area contributed by atoms with Crippen LogP contribution in [0.4, 0.5) is 4.39 Å². The molecule has 126 valence electrons. The number of hydrogen-bond donors (Lipinski definition) is 1. The second-order valence-electron chi connectivity index (χ2n) is 6.71. The molecule has 1 aliphatic carbocycles. The van der Waals surface area contributed by atoms with Crippen LogP contribution in [0, 0.1) is 11.8 Å². The SMILES string of the molecule is C=C1SC2C(C(=O)O)C(=O)C3CC(F)C(c4ccccc4)CC3N12. The molecule has 2 heterocycles. The molecule has 2 saturated heterocycles. The first kappa shape index (κ1) is 15.7. The number of nitrogens with zero attached hydrogens (tertiary/aromatic N) is 1. The molecule has 1 aromatic rings. The van der Waals surface area contributed by atoms with Crippen molar-refractivity contribution in [1.29, 1.82) is 0 Å². The number of carbonyl (C=O) groups is 2. The van der Waals surface area contributed by atoms with Crippen molar-refractivity contribution in [2.45, 2.75) is 36.3 Å². The van der Waals surface area contributed by atoms with Crippen molar-refractivity contribution in [2.75, 3.05) is 0 Å². The number of Topliss-reactive ketones (excluding diaryl/α,β-unsaturated/α-hetero) is 1. The van der Waals surface area contributed by atoms with Gasteiger partial charge in [-0.05, 0) is 18.4 Å². The van der Waals surface area contributed by atoms with Crippen LogP contribution in [-0.2, 0) is 9.59 Å². The van der Waals surface area contributed by atoms with Crippen molar-refractivity contribution in [3.63, 3.8) is 0 Å². The molecule has 0 radical (unpaired) electrons. The number of alkyl halides is 1. The Kier molecular flexibility index (Phi) is 3.67. The number of piperidine rings is 1. The summed E-state index contributed by atoms with van der Waals surface area (Å²) >= 11 is 1.34. The van der Waals surface area contributed by atoms with E-state index < -0.39 is 29.4 Å². The smallest absolute Gasteiger partial charge is 0.317 e. The van der Waals surface area contributed by atoms with Crippen molar-refractivity contribution < 1.29 is 19.1 Å². The van der Waals surface area contributed by atoms with E-state index in [-0.39, 0.29) is 24.2 Å². The summed E-state index contributed by atoms with van der Waals surface area (Å²) in [5, 5.41) is 9.82. The summed E-state index contributed by atoms with van der Waals surface area (Å²) in [5.74, 6) is -3.34. The molecule has 4 rings (SSSR count). The molecular weight excluding hydrogens is 329 g/mol. The largest absolute Gasteiger partial charge is 0.481 e. The topological polar surface area (TPSA) is 57.6 Å². The predicted octanol–water partition coefficient (Wildman–Crippen LogP) is 3.02. The molecule has 6 heteroatoms. The zero-order chi connectivity index (χ0) is 17.0. The lowest BCUT2D eigenvalue weighted by Crippen LogP contribution is -2.65. The Balaban J connectivity index is 1.66. The van der Waals surface area contributed by atoms with Gasteiger partial charge in [-0.3, -0.25) is 9.59 Å². The minimum Gasteiger partial charge on any atom is -0.481 e. The highest BCUT2D eigenvalue weighted by Crippen LogP contribution is 2.55. The molecule has 3 fully saturated rings. The first-order chi connectivity index (χ1) is 11.5. The van der Waals surface area contributed by atoms with Gasteiger partial charge in [0.2, 0.25) is 0 Å². The van der Waals surface area contributed by atoms with Crippen LogP contribution in [0.1, 0.15) is 24.3 Å². The maximum atomic E-state index is 14.8. The van der Waals surface area contributed by atoms with Crippen molar-refractivity contribution >= 4 is 23.5 Å². The fourth-order valence-electron chi connectivity index (χ4n) is 4.36.